The predicted octanol–water partition coefficient (Wildman–Crippen LogP) is 2.78. The first-order valence-electron chi connectivity index (χ1n) is 10.9. The lowest BCUT2D eigenvalue weighted by molar-refractivity contribution is -0.119. The number of carbonyl (C=O) groups is 1. The molecule has 4 heterocycles. The summed E-state index contributed by atoms with van der Waals surface area (Å²) in [5, 5.41) is 2.88. The Labute approximate surface area is 183 Å². The molecule has 9 heteroatoms. The molecule has 0 spiro atoms. The van der Waals surface area contributed by atoms with E-state index in [-0.39, 0.29) is 17.9 Å². The van der Waals surface area contributed by atoms with Crippen LogP contribution in [0.1, 0.15) is 32.2 Å². The van der Waals surface area contributed by atoms with E-state index in [9.17, 15) is 9.59 Å². The highest BCUT2D eigenvalue weighted by atomic mass is 16.5. The molecule has 1 unspecified atom stereocenters. The van der Waals surface area contributed by atoms with Crippen LogP contribution < -0.4 is 15.8 Å². The zero-order chi connectivity index (χ0) is 22.0. The minimum absolute atomic E-state index is 0.0550. The Kier molecular flexibility index (Phi) is 4.14. The van der Waals surface area contributed by atoms with E-state index in [1.807, 2.05) is 31.5 Å². The van der Waals surface area contributed by atoms with Gasteiger partial charge in [-0.25, -0.2) is 14.8 Å². The lowest BCUT2D eigenvalue weighted by Gasteiger charge is -2.20. The van der Waals surface area contributed by atoms with Crippen molar-refractivity contribution in [3.8, 4) is 17.1 Å². The third-order valence-corrected chi connectivity index (χ3v) is 6.52. The van der Waals surface area contributed by atoms with Gasteiger partial charge in [0.25, 0.3) is 0 Å². The number of nitrogens with zero attached hydrogens (tertiary/aromatic N) is 4. The van der Waals surface area contributed by atoms with Gasteiger partial charge in [-0.05, 0) is 44.0 Å². The van der Waals surface area contributed by atoms with Crippen molar-refractivity contribution in [2.75, 3.05) is 6.54 Å². The molecule has 9 nitrogen and oxygen atoms in total. The van der Waals surface area contributed by atoms with Crippen molar-refractivity contribution >= 4 is 28.0 Å². The number of aromatic nitrogens is 4. The molecule has 1 saturated carbocycles. The largest absolute Gasteiger partial charge is 0.473 e. The molecule has 1 aromatic carbocycles. The van der Waals surface area contributed by atoms with E-state index in [1.165, 1.54) is 4.57 Å². The van der Waals surface area contributed by atoms with Gasteiger partial charge in [-0.2, -0.15) is 0 Å². The van der Waals surface area contributed by atoms with E-state index >= 15 is 0 Å². The minimum atomic E-state index is -0.402. The van der Waals surface area contributed by atoms with E-state index in [0.29, 0.717) is 41.7 Å². The number of rotatable bonds is 5. The summed E-state index contributed by atoms with van der Waals surface area (Å²) >= 11 is 0. The van der Waals surface area contributed by atoms with E-state index in [2.05, 4.69) is 14.9 Å². The summed E-state index contributed by atoms with van der Waals surface area (Å²) in [6.45, 7) is 2.59. The molecule has 1 aliphatic heterocycles. The predicted molar refractivity (Wildman–Crippen MR) is 117 cm³/mol. The van der Waals surface area contributed by atoms with Crippen LogP contribution >= 0.6 is 0 Å². The van der Waals surface area contributed by atoms with Gasteiger partial charge in [0.05, 0.1) is 23.1 Å². The lowest BCUT2D eigenvalue weighted by atomic mass is 10.0. The average molecular weight is 433 g/mol. The molecule has 2 fully saturated rings. The molecule has 164 valence electrons. The van der Waals surface area contributed by atoms with Gasteiger partial charge in [-0.1, -0.05) is 0 Å². The molecule has 1 amide bonds. The number of pyridine rings is 1. The van der Waals surface area contributed by atoms with E-state index in [4.69, 9.17) is 14.1 Å². The van der Waals surface area contributed by atoms with Crippen LogP contribution in [0.15, 0.2) is 39.8 Å². The fourth-order valence-electron chi connectivity index (χ4n) is 4.40. The number of fused-ring (bicyclic) bond motifs is 2. The maximum absolute atomic E-state index is 11.9. The molecule has 0 bridgehead atoms. The molecular formula is C23H23N5O4. The van der Waals surface area contributed by atoms with Gasteiger partial charge in [0.1, 0.15) is 11.6 Å². The first-order valence-corrected chi connectivity index (χ1v) is 10.9. The standard InChI is InChI=1S/C23H23N5O4/c1-12(14-8-20(29)24-10-14)31-22-21-17(25-11-28(21)15-4-5-15)9-16(26-22)13-3-6-19-18(7-13)27(2)23(30)32-19/h3,6-7,9,11-12,14-15H,4-5,8,10H2,1-2H3,(H,24,29)/t12?,14-/m1/s1. The summed E-state index contributed by atoms with van der Waals surface area (Å²) < 4.78 is 15.3. The molecule has 3 aromatic heterocycles. The van der Waals surface area contributed by atoms with Crippen molar-refractivity contribution in [2.45, 2.75) is 38.3 Å². The smallest absolute Gasteiger partial charge is 0.419 e. The number of aryl methyl sites for hydroxylation is 1. The number of hydrogen-bond acceptors (Lipinski definition) is 6. The lowest BCUT2D eigenvalue weighted by Crippen LogP contribution is -2.26. The van der Waals surface area contributed by atoms with Crippen molar-refractivity contribution in [3.05, 3.63) is 41.1 Å². The van der Waals surface area contributed by atoms with Crippen LogP contribution in [0.2, 0.25) is 0 Å². The highest BCUT2D eigenvalue weighted by Crippen LogP contribution is 2.40. The van der Waals surface area contributed by atoms with Crippen LogP contribution in [0.4, 0.5) is 0 Å². The topological polar surface area (TPSA) is 104 Å². The van der Waals surface area contributed by atoms with Crippen molar-refractivity contribution in [1.29, 1.82) is 0 Å². The number of ether oxygens (including phenoxy) is 1. The van der Waals surface area contributed by atoms with E-state index in [0.717, 1.165) is 29.4 Å². The number of amides is 1. The summed E-state index contributed by atoms with van der Waals surface area (Å²) in [5.74, 6) is 0.271. The third kappa shape index (κ3) is 3.07. The van der Waals surface area contributed by atoms with Crippen molar-refractivity contribution in [3.63, 3.8) is 0 Å². The van der Waals surface area contributed by atoms with Gasteiger partial charge >= 0.3 is 5.76 Å². The molecule has 1 N–H and O–H groups in total. The normalized spacial score (nSPS) is 19.6. The zero-order valence-corrected chi connectivity index (χ0v) is 17.9. The number of nitrogens with one attached hydrogen (secondary N) is 1. The van der Waals surface area contributed by atoms with Crippen LogP contribution in [-0.2, 0) is 11.8 Å². The van der Waals surface area contributed by atoms with Crippen LogP contribution in [0.25, 0.3) is 33.4 Å². The van der Waals surface area contributed by atoms with Gasteiger partial charge in [-0.3, -0.25) is 9.36 Å². The number of hydrogen-bond donors (Lipinski definition) is 1. The van der Waals surface area contributed by atoms with Gasteiger partial charge in [0.2, 0.25) is 11.8 Å². The van der Waals surface area contributed by atoms with Crippen LogP contribution in [0.3, 0.4) is 0 Å². The Balaban J connectivity index is 1.46. The van der Waals surface area contributed by atoms with Gasteiger partial charge in [0, 0.05) is 37.5 Å². The maximum Gasteiger partial charge on any atom is 0.419 e. The number of oxazole rings is 1. The monoisotopic (exact) mass is 433 g/mol. The fourth-order valence-corrected chi connectivity index (χ4v) is 4.40. The molecule has 4 aromatic rings. The molecule has 32 heavy (non-hydrogen) atoms. The van der Waals surface area contributed by atoms with Crippen molar-refractivity contribution in [2.24, 2.45) is 13.0 Å². The van der Waals surface area contributed by atoms with Gasteiger partial charge in [0.15, 0.2) is 5.58 Å². The first-order chi connectivity index (χ1) is 15.5. The number of benzene rings is 1. The Morgan fingerprint density at radius 2 is 2.09 bits per heavy atom. The van der Waals surface area contributed by atoms with Gasteiger partial charge in [-0.15, -0.1) is 0 Å². The molecule has 1 saturated heterocycles. The summed E-state index contributed by atoms with van der Waals surface area (Å²) in [4.78, 5) is 33.1. The SMILES string of the molecule is CC(Oc1nc(-c2ccc3oc(=O)n(C)c3c2)cc2ncn(C3CC3)c12)[C@H]1CNC(=O)C1. The fraction of sp³-hybridized carbons (Fsp3) is 0.391. The van der Waals surface area contributed by atoms with E-state index in [1.54, 1.807) is 13.1 Å². The minimum Gasteiger partial charge on any atom is -0.473 e. The second-order valence-electron chi connectivity index (χ2n) is 8.76. The molecule has 0 radical (unpaired) electrons. The Morgan fingerprint density at radius 1 is 1.25 bits per heavy atom. The Morgan fingerprint density at radius 3 is 2.84 bits per heavy atom. The molecule has 2 atom stereocenters. The van der Waals surface area contributed by atoms with Gasteiger partial charge < -0.3 is 19.0 Å². The molecular weight excluding hydrogens is 410 g/mol. The third-order valence-electron chi connectivity index (χ3n) is 6.52. The number of carbonyl (C=O) groups excluding carboxylic acids is 1. The maximum atomic E-state index is 11.9. The zero-order valence-electron chi connectivity index (χ0n) is 17.9. The van der Waals surface area contributed by atoms with Crippen molar-refractivity contribution < 1.29 is 13.9 Å². The van der Waals surface area contributed by atoms with Crippen molar-refractivity contribution in [1.82, 2.24) is 24.4 Å². The average Bonchev–Trinajstić information content (AvgIpc) is 3.26. The van der Waals surface area contributed by atoms with Crippen LogP contribution in [0.5, 0.6) is 5.88 Å². The Hall–Kier alpha value is -3.62. The number of imidazole rings is 1. The second kappa shape index (κ2) is 6.94. The van der Waals surface area contributed by atoms with Crippen LogP contribution in [0, 0.1) is 5.92 Å². The highest BCUT2D eigenvalue weighted by Gasteiger charge is 2.31. The van der Waals surface area contributed by atoms with Crippen LogP contribution in [-0.4, -0.2) is 37.7 Å². The Bertz CT molecular complexity index is 1430. The summed E-state index contributed by atoms with van der Waals surface area (Å²) in [6, 6.07) is 7.92. The first kappa shape index (κ1) is 19.1. The highest BCUT2D eigenvalue weighted by molar-refractivity contribution is 5.87. The molecule has 6 rings (SSSR count). The molecule has 1 aliphatic carbocycles. The summed E-state index contributed by atoms with van der Waals surface area (Å²) in [7, 11) is 1.68. The summed E-state index contributed by atoms with van der Waals surface area (Å²) in [5.41, 5.74) is 4.47. The summed E-state index contributed by atoms with van der Waals surface area (Å²) in [6.07, 6.45) is 4.37. The molecule has 2 aliphatic rings. The quantitative estimate of drug-likeness (QED) is 0.519. The van der Waals surface area contributed by atoms with E-state index < -0.39 is 5.76 Å². The second-order valence-corrected chi connectivity index (χ2v) is 8.76.